The number of nitrogens with zero attached hydrogens (tertiary/aromatic N) is 1. The van der Waals surface area contributed by atoms with Gasteiger partial charge < -0.3 is 5.32 Å². The molecule has 0 amide bonds. The van der Waals surface area contributed by atoms with Gasteiger partial charge in [-0.2, -0.15) is 0 Å². The van der Waals surface area contributed by atoms with Gasteiger partial charge in [0.1, 0.15) is 0 Å². The van der Waals surface area contributed by atoms with E-state index in [0.29, 0.717) is 5.54 Å². The Labute approximate surface area is 141 Å². The second-order valence-corrected chi connectivity index (χ2v) is 8.53. The fraction of sp³-hybridized carbons (Fsp3) is 0.625. The van der Waals surface area contributed by atoms with Crippen LogP contribution in [0.4, 0.5) is 0 Å². The van der Waals surface area contributed by atoms with Crippen LogP contribution in [0.3, 0.4) is 0 Å². The summed E-state index contributed by atoms with van der Waals surface area (Å²) in [4.78, 5) is 3.73. The monoisotopic (exact) mass is 344 g/mol. The largest absolute Gasteiger partial charge is 0.316 e. The van der Waals surface area contributed by atoms with Crippen molar-refractivity contribution < 1.29 is 0 Å². The van der Waals surface area contributed by atoms with Crippen molar-refractivity contribution in [2.75, 3.05) is 31.9 Å². The average molecular weight is 345 g/mol. The highest BCUT2D eigenvalue weighted by Gasteiger charge is 2.48. The van der Waals surface area contributed by atoms with Crippen LogP contribution in [0.15, 0.2) is 23.1 Å². The minimum Gasteiger partial charge on any atom is -0.316 e. The normalized spacial score (nSPS) is 28.0. The van der Waals surface area contributed by atoms with Gasteiger partial charge in [0, 0.05) is 40.8 Å². The van der Waals surface area contributed by atoms with Gasteiger partial charge in [-0.05, 0) is 50.4 Å². The van der Waals surface area contributed by atoms with E-state index < -0.39 is 0 Å². The first-order valence-electron chi connectivity index (χ1n) is 7.52. The molecule has 0 saturated carbocycles. The Morgan fingerprint density at radius 3 is 2.90 bits per heavy atom. The molecule has 0 radical (unpaired) electrons. The van der Waals surface area contributed by atoms with E-state index in [0.717, 1.165) is 39.1 Å². The summed E-state index contributed by atoms with van der Waals surface area (Å²) in [6, 6.07) is 5.68. The maximum Gasteiger partial charge on any atom is 0.0542 e. The number of fused-ring (bicyclic) bond motifs is 1. The Balaban J connectivity index is 1.57. The van der Waals surface area contributed by atoms with E-state index in [1.54, 1.807) is 11.8 Å². The molecule has 2 saturated heterocycles. The number of halogens is 2. The minimum absolute atomic E-state index is 0.298. The molecule has 0 aromatic heterocycles. The number of hydrogen-bond donors (Lipinski definition) is 1. The van der Waals surface area contributed by atoms with E-state index in [1.807, 2.05) is 18.2 Å². The highest BCUT2D eigenvalue weighted by Crippen LogP contribution is 2.40. The van der Waals surface area contributed by atoms with Gasteiger partial charge in [0.15, 0.2) is 0 Å². The second-order valence-electron chi connectivity index (χ2n) is 6.55. The summed E-state index contributed by atoms with van der Waals surface area (Å²) in [5.74, 6) is 2.66. The van der Waals surface area contributed by atoms with Gasteiger partial charge >= 0.3 is 0 Å². The van der Waals surface area contributed by atoms with Gasteiger partial charge in [0.25, 0.3) is 0 Å². The van der Waals surface area contributed by atoms with Crippen LogP contribution < -0.4 is 5.32 Å². The van der Waals surface area contributed by atoms with E-state index in [-0.39, 0.29) is 0 Å². The van der Waals surface area contributed by atoms with Gasteiger partial charge in [-0.15, -0.1) is 11.8 Å². The summed E-state index contributed by atoms with van der Waals surface area (Å²) in [6.07, 6.45) is 0. The Morgan fingerprint density at radius 1 is 1.33 bits per heavy atom. The molecular formula is C16H22Cl2N2S. The van der Waals surface area contributed by atoms with Gasteiger partial charge in [0.2, 0.25) is 0 Å². The van der Waals surface area contributed by atoms with E-state index in [2.05, 4.69) is 24.1 Å². The SMILES string of the molecule is CC1(C)C2CNCC2CN1CCSc1cc(Cl)ccc1Cl. The molecule has 1 N–H and O–H groups in total. The second kappa shape index (κ2) is 6.29. The van der Waals surface area contributed by atoms with Crippen LogP contribution in [0, 0.1) is 11.8 Å². The summed E-state index contributed by atoms with van der Waals surface area (Å²) in [7, 11) is 0. The van der Waals surface area contributed by atoms with E-state index in [9.17, 15) is 0 Å². The van der Waals surface area contributed by atoms with Crippen LogP contribution in [0.5, 0.6) is 0 Å². The van der Waals surface area contributed by atoms with Crippen LogP contribution in [-0.4, -0.2) is 42.4 Å². The molecule has 1 aromatic carbocycles. The molecule has 5 heteroatoms. The number of nitrogens with one attached hydrogen (secondary N) is 1. The zero-order valence-electron chi connectivity index (χ0n) is 12.5. The predicted molar refractivity (Wildman–Crippen MR) is 92.7 cm³/mol. The predicted octanol–water partition coefficient (Wildman–Crippen LogP) is 4.02. The van der Waals surface area contributed by atoms with Crippen LogP contribution in [0.1, 0.15) is 13.8 Å². The number of benzene rings is 1. The lowest BCUT2D eigenvalue weighted by atomic mass is 9.85. The molecule has 2 heterocycles. The first-order valence-corrected chi connectivity index (χ1v) is 9.26. The molecule has 2 aliphatic rings. The highest BCUT2D eigenvalue weighted by atomic mass is 35.5. The quantitative estimate of drug-likeness (QED) is 0.830. The van der Waals surface area contributed by atoms with Crippen molar-refractivity contribution in [3.05, 3.63) is 28.2 Å². The molecule has 116 valence electrons. The van der Waals surface area contributed by atoms with Crippen LogP contribution in [0.25, 0.3) is 0 Å². The van der Waals surface area contributed by atoms with Crippen molar-refractivity contribution >= 4 is 35.0 Å². The van der Waals surface area contributed by atoms with E-state index in [4.69, 9.17) is 23.2 Å². The molecule has 2 aliphatic heterocycles. The molecule has 2 unspecified atom stereocenters. The van der Waals surface area contributed by atoms with Crippen LogP contribution in [-0.2, 0) is 0 Å². The maximum atomic E-state index is 6.22. The molecular weight excluding hydrogens is 323 g/mol. The number of rotatable bonds is 4. The first-order chi connectivity index (χ1) is 9.98. The van der Waals surface area contributed by atoms with Crippen molar-refractivity contribution in [1.29, 1.82) is 0 Å². The fourth-order valence-corrected chi connectivity index (χ4v) is 5.20. The summed E-state index contributed by atoms with van der Waals surface area (Å²) in [5, 5.41) is 5.08. The minimum atomic E-state index is 0.298. The van der Waals surface area contributed by atoms with Gasteiger partial charge in [0.05, 0.1) is 5.02 Å². The first kappa shape index (κ1) is 15.9. The van der Waals surface area contributed by atoms with Crippen LogP contribution in [0.2, 0.25) is 10.0 Å². The molecule has 2 nitrogen and oxygen atoms in total. The van der Waals surface area contributed by atoms with Crippen molar-refractivity contribution in [1.82, 2.24) is 10.2 Å². The molecule has 2 fully saturated rings. The van der Waals surface area contributed by atoms with Gasteiger partial charge in [-0.1, -0.05) is 23.2 Å². The molecule has 0 bridgehead atoms. The Morgan fingerprint density at radius 2 is 2.14 bits per heavy atom. The molecule has 2 atom stereocenters. The zero-order chi connectivity index (χ0) is 15.0. The number of hydrogen-bond acceptors (Lipinski definition) is 3. The Bertz CT molecular complexity index is 521. The van der Waals surface area contributed by atoms with Gasteiger partial charge in [-0.25, -0.2) is 0 Å². The number of thioether (sulfide) groups is 1. The molecule has 3 rings (SSSR count). The van der Waals surface area contributed by atoms with E-state index >= 15 is 0 Å². The third-order valence-electron chi connectivity index (χ3n) is 5.03. The average Bonchev–Trinajstić information content (AvgIpc) is 2.98. The topological polar surface area (TPSA) is 15.3 Å². The smallest absolute Gasteiger partial charge is 0.0542 e. The molecule has 1 aromatic rings. The van der Waals surface area contributed by atoms with Crippen molar-refractivity contribution in [2.24, 2.45) is 11.8 Å². The van der Waals surface area contributed by atoms with E-state index in [1.165, 1.54) is 19.6 Å². The lowest BCUT2D eigenvalue weighted by Crippen LogP contribution is -2.45. The molecule has 0 aliphatic carbocycles. The summed E-state index contributed by atoms with van der Waals surface area (Å²) < 4.78 is 0. The fourth-order valence-electron chi connectivity index (χ4n) is 3.74. The number of likely N-dealkylation sites (tertiary alicyclic amines) is 1. The molecule has 0 spiro atoms. The highest BCUT2D eigenvalue weighted by molar-refractivity contribution is 7.99. The summed E-state index contributed by atoms with van der Waals surface area (Å²) in [6.45, 7) is 9.45. The Hall–Kier alpha value is 0.0700. The maximum absolute atomic E-state index is 6.22. The van der Waals surface area contributed by atoms with Gasteiger partial charge in [-0.3, -0.25) is 4.90 Å². The lowest BCUT2D eigenvalue weighted by molar-refractivity contribution is 0.149. The van der Waals surface area contributed by atoms with Crippen LogP contribution >= 0.6 is 35.0 Å². The van der Waals surface area contributed by atoms with Crippen molar-refractivity contribution in [2.45, 2.75) is 24.3 Å². The summed E-state index contributed by atoms with van der Waals surface area (Å²) >= 11 is 14.1. The lowest BCUT2D eigenvalue weighted by Gasteiger charge is -2.35. The zero-order valence-corrected chi connectivity index (χ0v) is 14.9. The Kier molecular flexibility index (Phi) is 4.77. The third kappa shape index (κ3) is 3.23. The standard InChI is InChI=1S/C16H22Cl2N2S/c1-16(2)13-9-19-8-11(13)10-20(16)5-6-21-15-7-12(17)3-4-14(15)18/h3-4,7,11,13,19H,5-6,8-10H2,1-2H3. The van der Waals surface area contributed by atoms with Crippen molar-refractivity contribution in [3.8, 4) is 0 Å². The third-order valence-corrected chi connectivity index (χ3v) is 6.74. The molecule has 21 heavy (non-hydrogen) atoms. The summed E-state index contributed by atoms with van der Waals surface area (Å²) in [5.41, 5.74) is 0.298. The van der Waals surface area contributed by atoms with Crippen molar-refractivity contribution in [3.63, 3.8) is 0 Å².